The lowest BCUT2D eigenvalue weighted by Gasteiger charge is -2.59. The number of piperidine rings is 1. The molecule has 0 unspecified atom stereocenters. The summed E-state index contributed by atoms with van der Waals surface area (Å²) in [6.45, 7) is 11.1. The van der Waals surface area contributed by atoms with Gasteiger partial charge >= 0.3 is 0 Å². The molecule has 18 heavy (non-hydrogen) atoms. The van der Waals surface area contributed by atoms with Crippen molar-refractivity contribution >= 4 is 0 Å². The van der Waals surface area contributed by atoms with E-state index in [4.69, 9.17) is 4.74 Å². The summed E-state index contributed by atoms with van der Waals surface area (Å²) in [5, 5.41) is 13.5. The van der Waals surface area contributed by atoms with E-state index in [0.717, 1.165) is 25.9 Å². The molecule has 1 aliphatic rings. The maximum atomic E-state index is 12.2. The topological polar surface area (TPSA) is 35.5 Å². The SMILES string of the molecule is CCCCCCOC1CC(C)(C)N([O-])C(C)(C)C1. The minimum absolute atomic E-state index is 0.238. The summed E-state index contributed by atoms with van der Waals surface area (Å²) in [6.07, 6.45) is 6.87. The van der Waals surface area contributed by atoms with Crippen LogP contribution in [0.4, 0.5) is 0 Å². The lowest BCUT2D eigenvalue weighted by Crippen LogP contribution is -2.59. The van der Waals surface area contributed by atoms with Crippen molar-refractivity contribution in [3.8, 4) is 0 Å². The molecule has 0 radical (unpaired) electrons. The van der Waals surface area contributed by atoms with Gasteiger partial charge in [0, 0.05) is 17.7 Å². The number of hydrogen-bond donors (Lipinski definition) is 0. The van der Waals surface area contributed by atoms with E-state index in [2.05, 4.69) is 6.92 Å². The third kappa shape index (κ3) is 4.22. The van der Waals surface area contributed by atoms with Crippen LogP contribution in [0.3, 0.4) is 0 Å². The molecule has 0 N–H and O–H groups in total. The van der Waals surface area contributed by atoms with Crippen molar-refractivity contribution in [3.05, 3.63) is 5.21 Å². The highest BCUT2D eigenvalue weighted by Crippen LogP contribution is 2.38. The molecule has 0 aliphatic carbocycles. The molecular formula is C15H30NO2-. The summed E-state index contributed by atoms with van der Waals surface area (Å²) in [6, 6.07) is 0. The van der Waals surface area contributed by atoms with Crippen LogP contribution < -0.4 is 0 Å². The van der Waals surface area contributed by atoms with Crippen molar-refractivity contribution in [2.45, 2.75) is 90.3 Å². The zero-order chi connectivity index (χ0) is 13.8. The first-order valence-corrected chi connectivity index (χ1v) is 7.38. The summed E-state index contributed by atoms with van der Waals surface area (Å²) < 4.78 is 5.98. The molecule has 0 amide bonds. The molecule has 0 aromatic carbocycles. The minimum Gasteiger partial charge on any atom is -0.784 e. The van der Waals surface area contributed by atoms with Gasteiger partial charge in [-0.1, -0.05) is 26.2 Å². The van der Waals surface area contributed by atoms with E-state index >= 15 is 0 Å². The van der Waals surface area contributed by atoms with Crippen LogP contribution in [0, 0.1) is 5.21 Å². The van der Waals surface area contributed by atoms with Crippen LogP contribution in [-0.2, 0) is 4.74 Å². The predicted molar refractivity (Wildman–Crippen MR) is 76.5 cm³/mol. The van der Waals surface area contributed by atoms with Crippen LogP contribution in [0.5, 0.6) is 0 Å². The molecule has 0 aromatic rings. The molecule has 1 saturated heterocycles. The van der Waals surface area contributed by atoms with Gasteiger partial charge in [-0.2, -0.15) is 0 Å². The quantitative estimate of drug-likeness (QED) is 0.671. The normalized spacial score (nSPS) is 24.3. The number of nitrogens with zero attached hydrogens (tertiary/aromatic N) is 1. The van der Waals surface area contributed by atoms with E-state index in [1.54, 1.807) is 0 Å². The van der Waals surface area contributed by atoms with Crippen molar-refractivity contribution in [3.63, 3.8) is 0 Å². The minimum atomic E-state index is -0.310. The Bertz CT molecular complexity index is 233. The molecule has 3 nitrogen and oxygen atoms in total. The van der Waals surface area contributed by atoms with E-state index < -0.39 is 0 Å². The second-order valence-electron chi connectivity index (χ2n) is 6.88. The van der Waals surface area contributed by atoms with Gasteiger partial charge in [0.25, 0.3) is 0 Å². The Kier molecular flexibility index (Phi) is 5.63. The van der Waals surface area contributed by atoms with Crippen LogP contribution in [0.2, 0.25) is 0 Å². The van der Waals surface area contributed by atoms with Gasteiger partial charge in [-0.25, -0.2) is 0 Å². The molecule has 3 heteroatoms. The Balaban J connectivity index is 2.39. The first-order valence-electron chi connectivity index (χ1n) is 7.38. The molecule has 0 saturated carbocycles. The summed E-state index contributed by atoms with van der Waals surface area (Å²) in [7, 11) is 0. The fraction of sp³-hybridized carbons (Fsp3) is 1.00. The van der Waals surface area contributed by atoms with Gasteiger partial charge in [0.15, 0.2) is 0 Å². The fourth-order valence-electron chi connectivity index (χ4n) is 3.07. The van der Waals surface area contributed by atoms with E-state index in [-0.39, 0.29) is 17.2 Å². The van der Waals surface area contributed by atoms with Crippen LogP contribution >= 0.6 is 0 Å². The Hall–Kier alpha value is -0.120. The van der Waals surface area contributed by atoms with Gasteiger partial charge in [-0.15, -0.1) is 0 Å². The molecular weight excluding hydrogens is 226 g/mol. The zero-order valence-electron chi connectivity index (χ0n) is 12.8. The predicted octanol–water partition coefficient (Wildman–Crippen LogP) is 4.10. The largest absolute Gasteiger partial charge is 0.784 e. The van der Waals surface area contributed by atoms with Crippen molar-refractivity contribution in [1.82, 2.24) is 5.06 Å². The third-order valence-corrected chi connectivity index (χ3v) is 3.91. The first kappa shape index (κ1) is 15.9. The number of ether oxygens (including phenoxy) is 1. The average molecular weight is 256 g/mol. The van der Waals surface area contributed by atoms with Crippen LogP contribution in [0.25, 0.3) is 0 Å². The van der Waals surface area contributed by atoms with Crippen LogP contribution in [0.1, 0.15) is 73.1 Å². The number of rotatable bonds is 6. The summed E-state index contributed by atoms with van der Waals surface area (Å²) in [5.74, 6) is 0. The number of hydrogen-bond acceptors (Lipinski definition) is 3. The van der Waals surface area contributed by atoms with E-state index in [0.29, 0.717) is 0 Å². The highest BCUT2D eigenvalue weighted by Gasteiger charge is 2.40. The maximum Gasteiger partial charge on any atom is 0.0609 e. The standard InChI is InChI=1S/C15H30NO2/c1-6-7-8-9-10-18-13-11-14(2,3)16(17)15(4,5)12-13/h13H,6-12H2,1-5H3/q-1. The second-order valence-corrected chi connectivity index (χ2v) is 6.88. The molecule has 0 aromatic heterocycles. The third-order valence-electron chi connectivity index (χ3n) is 3.91. The molecule has 0 spiro atoms. The molecule has 1 heterocycles. The highest BCUT2D eigenvalue weighted by atomic mass is 16.5. The Morgan fingerprint density at radius 1 is 1.06 bits per heavy atom. The van der Waals surface area contributed by atoms with E-state index in [9.17, 15) is 5.21 Å². The van der Waals surface area contributed by atoms with E-state index in [1.165, 1.54) is 24.3 Å². The van der Waals surface area contributed by atoms with Gasteiger partial charge in [0.2, 0.25) is 0 Å². The summed E-state index contributed by atoms with van der Waals surface area (Å²) in [4.78, 5) is 0. The van der Waals surface area contributed by atoms with Crippen molar-refractivity contribution < 1.29 is 4.74 Å². The van der Waals surface area contributed by atoms with Gasteiger partial charge in [-0.05, 0) is 47.0 Å². The molecule has 0 atom stereocenters. The lowest BCUT2D eigenvalue weighted by atomic mass is 9.80. The molecule has 108 valence electrons. The maximum absolute atomic E-state index is 12.2. The Morgan fingerprint density at radius 3 is 2.11 bits per heavy atom. The first-order chi connectivity index (χ1) is 8.29. The Labute approximate surface area is 112 Å². The molecule has 1 fully saturated rings. The smallest absolute Gasteiger partial charge is 0.0609 e. The van der Waals surface area contributed by atoms with Gasteiger partial charge in [-0.3, -0.25) is 0 Å². The van der Waals surface area contributed by atoms with E-state index in [1.807, 2.05) is 27.7 Å². The molecule has 1 aliphatic heterocycles. The fourth-order valence-corrected chi connectivity index (χ4v) is 3.07. The van der Waals surface area contributed by atoms with Crippen LogP contribution in [-0.4, -0.2) is 28.9 Å². The van der Waals surface area contributed by atoms with Gasteiger partial charge in [0.1, 0.15) is 0 Å². The van der Waals surface area contributed by atoms with Crippen molar-refractivity contribution in [2.75, 3.05) is 6.61 Å². The molecule has 1 rings (SSSR count). The lowest BCUT2D eigenvalue weighted by molar-refractivity contribution is -0.0813. The average Bonchev–Trinajstić information content (AvgIpc) is 2.25. The van der Waals surface area contributed by atoms with Gasteiger partial charge < -0.3 is 15.0 Å². The second kappa shape index (κ2) is 6.36. The number of hydroxylamine groups is 2. The zero-order valence-corrected chi connectivity index (χ0v) is 12.8. The monoisotopic (exact) mass is 256 g/mol. The summed E-state index contributed by atoms with van der Waals surface area (Å²) in [5.41, 5.74) is -0.619. The number of unbranched alkanes of at least 4 members (excludes halogenated alkanes) is 3. The van der Waals surface area contributed by atoms with Gasteiger partial charge in [0.05, 0.1) is 6.10 Å². The Morgan fingerprint density at radius 2 is 1.61 bits per heavy atom. The highest BCUT2D eigenvalue weighted by molar-refractivity contribution is 5.00. The summed E-state index contributed by atoms with van der Waals surface area (Å²) >= 11 is 0. The van der Waals surface area contributed by atoms with Crippen molar-refractivity contribution in [2.24, 2.45) is 0 Å². The van der Waals surface area contributed by atoms with Crippen LogP contribution in [0.15, 0.2) is 0 Å². The van der Waals surface area contributed by atoms with Crippen molar-refractivity contribution in [1.29, 1.82) is 0 Å². The molecule has 0 bridgehead atoms.